The average Bonchev–Trinajstić information content (AvgIpc) is 2.88. The number of benzene rings is 1. The fourth-order valence-corrected chi connectivity index (χ4v) is 3.55. The van der Waals surface area contributed by atoms with Crippen molar-refractivity contribution in [1.82, 2.24) is 0 Å². The maximum atomic E-state index is 12.5. The van der Waals surface area contributed by atoms with Gasteiger partial charge < -0.3 is 15.0 Å². The Kier molecular flexibility index (Phi) is 5.99. The molecule has 1 aromatic rings. The van der Waals surface area contributed by atoms with E-state index in [1.807, 2.05) is 17.4 Å². The van der Waals surface area contributed by atoms with Crippen molar-refractivity contribution in [2.75, 3.05) is 44.3 Å². The van der Waals surface area contributed by atoms with E-state index in [1.165, 1.54) is 4.90 Å². The maximum absolute atomic E-state index is 12.5. The molecule has 2 aliphatic rings. The fourth-order valence-electron chi connectivity index (χ4n) is 3.28. The van der Waals surface area contributed by atoms with E-state index in [0.717, 1.165) is 50.3 Å². The molecule has 3 rings (SSSR count). The van der Waals surface area contributed by atoms with E-state index < -0.39 is 0 Å². The molecule has 2 saturated heterocycles. The van der Waals surface area contributed by atoms with Crippen molar-refractivity contribution in [2.45, 2.75) is 18.9 Å². The number of rotatable bonds is 6. The molecule has 0 bridgehead atoms. The van der Waals surface area contributed by atoms with Gasteiger partial charge in [-0.15, -0.1) is 0 Å². The van der Waals surface area contributed by atoms with Gasteiger partial charge in [-0.1, -0.05) is 15.9 Å². The van der Waals surface area contributed by atoms with Crippen LogP contribution >= 0.6 is 15.9 Å². The largest absolute Gasteiger partial charge is 0.370 e. The molecule has 3 N–H and O–H groups in total. The number of nitrogens with zero attached hydrogens (tertiary/aromatic N) is 1. The highest BCUT2D eigenvalue weighted by molar-refractivity contribution is 9.10. The van der Waals surface area contributed by atoms with Gasteiger partial charge in [-0.3, -0.25) is 9.59 Å². The van der Waals surface area contributed by atoms with Gasteiger partial charge in [0, 0.05) is 10.9 Å². The second-order valence-corrected chi connectivity index (χ2v) is 7.26. The molecule has 0 saturated carbocycles. The molecule has 1 aromatic carbocycles. The third kappa shape index (κ3) is 4.22. The average molecular weight is 398 g/mol. The Bertz CT molecular complexity index is 587. The first-order valence-corrected chi connectivity index (χ1v) is 9.31. The number of amides is 2. The first-order valence-electron chi connectivity index (χ1n) is 8.52. The number of morpholine rings is 1. The number of anilines is 1. The van der Waals surface area contributed by atoms with Crippen molar-refractivity contribution in [2.24, 2.45) is 0 Å². The summed E-state index contributed by atoms with van der Waals surface area (Å²) in [5, 5.41) is 2.03. The van der Waals surface area contributed by atoms with Crippen LogP contribution in [0.1, 0.15) is 12.8 Å². The van der Waals surface area contributed by atoms with Crippen molar-refractivity contribution in [3.05, 3.63) is 28.7 Å². The van der Waals surface area contributed by atoms with Gasteiger partial charge in [0.15, 0.2) is 6.04 Å². The standard InChI is InChI=1S/C17H22BrN3O3/c18-13-2-4-14(5-3-13)21-16(22)12-15(17(21)23)19-6-1-7-20-8-10-24-11-9-20/h2-5,15,19H,1,6-12H2/p+2/t15-/m1/s1. The van der Waals surface area contributed by atoms with Gasteiger partial charge in [-0.25, -0.2) is 4.90 Å². The van der Waals surface area contributed by atoms with Crippen molar-refractivity contribution < 1.29 is 24.5 Å². The zero-order valence-electron chi connectivity index (χ0n) is 13.7. The summed E-state index contributed by atoms with van der Waals surface area (Å²) in [6.07, 6.45) is 1.34. The zero-order valence-corrected chi connectivity index (χ0v) is 15.3. The Balaban J connectivity index is 1.48. The molecule has 0 unspecified atom stereocenters. The van der Waals surface area contributed by atoms with Gasteiger partial charge >= 0.3 is 0 Å². The molecule has 0 aliphatic carbocycles. The molecule has 2 aliphatic heterocycles. The second-order valence-electron chi connectivity index (χ2n) is 6.34. The Morgan fingerprint density at radius 1 is 1.21 bits per heavy atom. The molecule has 130 valence electrons. The van der Waals surface area contributed by atoms with E-state index >= 15 is 0 Å². The Morgan fingerprint density at radius 2 is 1.92 bits per heavy atom. The topological polar surface area (TPSA) is 67.7 Å². The van der Waals surface area contributed by atoms with Crippen LogP contribution in [0.3, 0.4) is 0 Å². The SMILES string of the molecule is O=C1C[C@@H]([NH2+]CCC[NH+]2CCOCC2)C(=O)N1c1ccc(Br)cc1. The minimum Gasteiger partial charge on any atom is -0.370 e. The molecule has 24 heavy (non-hydrogen) atoms. The lowest BCUT2D eigenvalue weighted by molar-refractivity contribution is -0.909. The number of hydrogen-bond donors (Lipinski definition) is 2. The molecule has 0 aromatic heterocycles. The van der Waals surface area contributed by atoms with Gasteiger partial charge in [-0.05, 0) is 24.3 Å². The minimum atomic E-state index is -0.277. The molecule has 6 nitrogen and oxygen atoms in total. The van der Waals surface area contributed by atoms with E-state index in [4.69, 9.17) is 4.74 Å². The van der Waals surface area contributed by atoms with Crippen LogP contribution in [-0.2, 0) is 14.3 Å². The predicted molar refractivity (Wildman–Crippen MR) is 92.8 cm³/mol. The summed E-state index contributed by atoms with van der Waals surface area (Å²) in [7, 11) is 0. The van der Waals surface area contributed by atoms with Crippen LogP contribution in [0.2, 0.25) is 0 Å². The van der Waals surface area contributed by atoms with Crippen LogP contribution in [0.15, 0.2) is 28.7 Å². The normalized spacial score (nSPS) is 22.4. The minimum absolute atomic E-state index is 0.0963. The summed E-state index contributed by atoms with van der Waals surface area (Å²) in [5.41, 5.74) is 0.655. The number of carbonyl (C=O) groups is 2. The number of hydrogen-bond acceptors (Lipinski definition) is 3. The second kappa shape index (κ2) is 8.20. The molecule has 0 radical (unpaired) electrons. The maximum Gasteiger partial charge on any atom is 0.292 e. The number of halogens is 1. The lowest BCUT2D eigenvalue weighted by Crippen LogP contribution is -3.14. The summed E-state index contributed by atoms with van der Waals surface area (Å²) >= 11 is 3.37. The lowest BCUT2D eigenvalue weighted by atomic mass is 10.2. The molecule has 7 heteroatoms. The van der Waals surface area contributed by atoms with E-state index in [-0.39, 0.29) is 17.9 Å². The van der Waals surface area contributed by atoms with E-state index in [9.17, 15) is 9.59 Å². The monoisotopic (exact) mass is 397 g/mol. The quantitative estimate of drug-likeness (QED) is 0.475. The van der Waals surface area contributed by atoms with Gasteiger partial charge in [0.25, 0.3) is 5.91 Å². The molecule has 2 amide bonds. The summed E-state index contributed by atoms with van der Waals surface area (Å²) in [6.45, 7) is 5.80. The molecule has 1 atom stereocenters. The highest BCUT2D eigenvalue weighted by Crippen LogP contribution is 2.23. The number of imide groups is 1. The molecule has 0 spiro atoms. The van der Waals surface area contributed by atoms with Crippen molar-refractivity contribution in [1.29, 1.82) is 0 Å². The van der Waals surface area contributed by atoms with E-state index in [1.54, 1.807) is 17.0 Å². The number of nitrogens with two attached hydrogens (primary N) is 1. The summed E-state index contributed by atoms with van der Waals surface area (Å²) < 4.78 is 6.28. The van der Waals surface area contributed by atoms with Crippen molar-refractivity contribution >= 4 is 33.4 Å². The van der Waals surface area contributed by atoms with Gasteiger partial charge in [0.2, 0.25) is 5.91 Å². The van der Waals surface area contributed by atoms with Crippen molar-refractivity contribution in [3.8, 4) is 0 Å². The third-order valence-electron chi connectivity index (χ3n) is 4.65. The first kappa shape index (κ1) is 17.5. The van der Waals surface area contributed by atoms with Crippen LogP contribution in [-0.4, -0.2) is 57.2 Å². The Hall–Kier alpha value is -1.28. The van der Waals surface area contributed by atoms with Crippen LogP contribution < -0.4 is 15.1 Å². The highest BCUT2D eigenvalue weighted by atomic mass is 79.9. The predicted octanol–water partition coefficient (Wildman–Crippen LogP) is -1.05. The fraction of sp³-hybridized carbons (Fsp3) is 0.529. The van der Waals surface area contributed by atoms with Gasteiger partial charge in [-0.2, -0.15) is 0 Å². The summed E-state index contributed by atoms with van der Waals surface area (Å²) in [4.78, 5) is 27.6. The number of carbonyl (C=O) groups excluding carboxylic acids is 2. The van der Waals surface area contributed by atoms with E-state index in [2.05, 4.69) is 15.9 Å². The lowest BCUT2D eigenvalue weighted by Gasteiger charge is -2.23. The first-order chi connectivity index (χ1) is 11.6. The smallest absolute Gasteiger partial charge is 0.292 e. The molecule has 2 heterocycles. The Labute approximate surface area is 150 Å². The van der Waals surface area contributed by atoms with Crippen LogP contribution in [0, 0.1) is 0 Å². The molecular formula is C17H24BrN3O3+2. The van der Waals surface area contributed by atoms with E-state index in [0.29, 0.717) is 12.1 Å². The third-order valence-corrected chi connectivity index (χ3v) is 5.18. The van der Waals surface area contributed by atoms with Gasteiger partial charge in [0.05, 0.1) is 38.4 Å². The summed E-state index contributed by atoms with van der Waals surface area (Å²) in [6, 6.07) is 7.00. The molecular weight excluding hydrogens is 374 g/mol. The van der Waals surface area contributed by atoms with Crippen LogP contribution in [0.25, 0.3) is 0 Å². The van der Waals surface area contributed by atoms with Gasteiger partial charge in [0.1, 0.15) is 13.1 Å². The molecule has 2 fully saturated rings. The number of quaternary nitrogens is 2. The zero-order chi connectivity index (χ0) is 16.9. The number of ether oxygens (including phenoxy) is 1. The van der Waals surface area contributed by atoms with Crippen LogP contribution in [0.4, 0.5) is 5.69 Å². The van der Waals surface area contributed by atoms with Crippen molar-refractivity contribution in [3.63, 3.8) is 0 Å². The highest BCUT2D eigenvalue weighted by Gasteiger charge is 2.42. The Morgan fingerprint density at radius 3 is 2.62 bits per heavy atom. The van der Waals surface area contributed by atoms with Crippen LogP contribution in [0.5, 0.6) is 0 Å². The summed E-state index contributed by atoms with van der Waals surface area (Å²) in [5.74, 6) is -0.205. The number of nitrogens with one attached hydrogen (secondary N) is 1.